The largest absolute Gasteiger partial charge is 0.277 e. The molecule has 0 aliphatic rings. The molecule has 1 aromatic carbocycles. The summed E-state index contributed by atoms with van der Waals surface area (Å²) in [5.41, 5.74) is 2.97. The fraction of sp³-hybridized carbons (Fsp3) is 0.364. The predicted molar refractivity (Wildman–Crippen MR) is 72.2 cm³/mol. The van der Waals surface area contributed by atoms with Gasteiger partial charge in [0.1, 0.15) is 0 Å². The van der Waals surface area contributed by atoms with Crippen molar-refractivity contribution in [3.8, 4) is 0 Å². The molecule has 0 saturated carbocycles. The summed E-state index contributed by atoms with van der Waals surface area (Å²) in [6.45, 7) is 5.14. The van der Waals surface area contributed by atoms with Crippen molar-refractivity contribution < 1.29 is 13.2 Å². The minimum atomic E-state index is -3.73. The van der Waals surface area contributed by atoms with Crippen LogP contribution in [0.3, 0.4) is 0 Å². The smallest absolute Gasteiger partial charge is 0.257 e. The molecule has 1 amide bonds. The van der Waals surface area contributed by atoms with E-state index in [-0.39, 0.29) is 16.7 Å². The van der Waals surface area contributed by atoms with Gasteiger partial charge in [0, 0.05) is 10.4 Å². The summed E-state index contributed by atoms with van der Waals surface area (Å²) in [5, 5.41) is 0. The van der Waals surface area contributed by atoms with Gasteiger partial charge >= 0.3 is 0 Å². The molecule has 0 fully saturated rings. The second kappa shape index (κ2) is 5.81. The maximum absolute atomic E-state index is 11.9. The average molecular weight is 335 g/mol. The fourth-order valence-electron chi connectivity index (χ4n) is 1.11. The molecular formula is C11H15BrN2O3S. The Labute approximate surface area is 115 Å². The Balaban J connectivity index is 2.87. The van der Waals surface area contributed by atoms with Crippen LogP contribution in [-0.4, -0.2) is 14.3 Å². The van der Waals surface area contributed by atoms with Crippen LogP contribution in [0, 0.1) is 12.8 Å². The topological polar surface area (TPSA) is 75.3 Å². The molecule has 5 nitrogen and oxygen atoms in total. The van der Waals surface area contributed by atoms with Crippen molar-refractivity contribution in [1.82, 2.24) is 10.3 Å². The summed E-state index contributed by atoms with van der Waals surface area (Å²) >= 11 is 3.29. The zero-order chi connectivity index (χ0) is 13.9. The SMILES string of the molecule is Cc1cc(S(=O)(=O)NNC(=O)C(C)C)ccc1Br. The van der Waals surface area contributed by atoms with E-state index >= 15 is 0 Å². The zero-order valence-corrected chi connectivity index (χ0v) is 12.7. The number of sulfonamides is 1. The van der Waals surface area contributed by atoms with Crippen molar-refractivity contribution in [2.75, 3.05) is 0 Å². The highest BCUT2D eigenvalue weighted by Gasteiger charge is 2.16. The summed E-state index contributed by atoms with van der Waals surface area (Å²) in [6.07, 6.45) is 0. The van der Waals surface area contributed by atoms with Crippen LogP contribution in [0.1, 0.15) is 19.4 Å². The van der Waals surface area contributed by atoms with Gasteiger partial charge in [-0.3, -0.25) is 10.2 Å². The number of benzene rings is 1. The van der Waals surface area contributed by atoms with Gasteiger partial charge < -0.3 is 0 Å². The fourth-order valence-corrected chi connectivity index (χ4v) is 2.28. The van der Waals surface area contributed by atoms with E-state index in [0.717, 1.165) is 10.0 Å². The first-order valence-corrected chi connectivity index (χ1v) is 7.59. The Morgan fingerprint density at radius 1 is 1.33 bits per heavy atom. The Bertz CT molecular complexity index is 555. The van der Waals surface area contributed by atoms with Crippen LogP contribution in [0.5, 0.6) is 0 Å². The second-order valence-corrected chi connectivity index (χ2v) is 6.70. The number of hydrazine groups is 1. The number of rotatable bonds is 4. The van der Waals surface area contributed by atoms with Crippen LogP contribution in [0.4, 0.5) is 0 Å². The first kappa shape index (κ1) is 15.1. The van der Waals surface area contributed by atoms with E-state index < -0.39 is 10.0 Å². The number of hydrogen-bond donors (Lipinski definition) is 2. The van der Waals surface area contributed by atoms with Crippen molar-refractivity contribution in [2.24, 2.45) is 5.92 Å². The minimum absolute atomic E-state index is 0.104. The van der Waals surface area contributed by atoms with E-state index in [1.807, 2.05) is 0 Å². The van der Waals surface area contributed by atoms with Crippen molar-refractivity contribution >= 4 is 31.9 Å². The minimum Gasteiger partial charge on any atom is -0.277 e. The molecule has 18 heavy (non-hydrogen) atoms. The van der Waals surface area contributed by atoms with Crippen molar-refractivity contribution in [1.29, 1.82) is 0 Å². The van der Waals surface area contributed by atoms with Crippen LogP contribution in [0.25, 0.3) is 0 Å². The van der Waals surface area contributed by atoms with Gasteiger partial charge in [0.2, 0.25) is 5.91 Å². The maximum Gasteiger partial charge on any atom is 0.257 e. The van der Waals surface area contributed by atoms with Gasteiger partial charge in [-0.25, -0.2) is 8.42 Å². The van der Waals surface area contributed by atoms with Gasteiger partial charge in [0.15, 0.2) is 0 Å². The average Bonchev–Trinajstić information content (AvgIpc) is 2.29. The monoisotopic (exact) mass is 334 g/mol. The second-order valence-electron chi connectivity index (χ2n) is 4.16. The Morgan fingerprint density at radius 2 is 1.94 bits per heavy atom. The van der Waals surface area contributed by atoms with Gasteiger partial charge in [0.25, 0.3) is 10.0 Å². The maximum atomic E-state index is 11.9. The number of halogens is 1. The molecule has 100 valence electrons. The molecule has 1 aromatic rings. The molecule has 0 heterocycles. The summed E-state index contributed by atoms with van der Waals surface area (Å²) in [5.74, 6) is -0.674. The van der Waals surface area contributed by atoms with Gasteiger partial charge in [0.05, 0.1) is 4.90 Å². The van der Waals surface area contributed by atoms with Crippen LogP contribution >= 0.6 is 15.9 Å². The van der Waals surface area contributed by atoms with Crippen LogP contribution in [0.2, 0.25) is 0 Å². The standard InChI is InChI=1S/C11H15BrN2O3S/c1-7(2)11(15)13-14-18(16,17)9-4-5-10(12)8(3)6-9/h4-7,14H,1-3H3,(H,13,15). The highest BCUT2D eigenvalue weighted by molar-refractivity contribution is 9.10. The highest BCUT2D eigenvalue weighted by Crippen LogP contribution is 2.19. The molecule has 0 aliphatic heterocycles. The molecule has 2 N–H and O–H groups in total. The number of carbonyl (C=O) groups excluding carboxylic acids is 1. The molecule has 0 radical (unpaired) electrons. The number of aryl methyl sites for hydroxylation is 1. The first-order chi connectivity index (χ1) is 8.24. The van der Waals surface area contributed by atoms with Crippen LogP contribution in [-0.2, 0) is 14.8 Å². The predicted octanol–water partition coefficient (Wildman–Crippen LogP) is 1.72. The molecule has 0 unspecified atom stereocenters. The lowest BCUT2D eigenvalue weighted by molar-refractivity contribution is -0.124. The third kappa shape index (κ3) is 3.79. The molecule has 0 spiro atoms. The van der Waals surface area contributed by atoms with E-state index in [0.29, 0.717) is 0 Å². The molecule has 0 saturated heterocycles. The number of hydrogen-bond acceptors (Lipinski definition) is 3. The lowest BCUT2D eigenvalue weighted by Gasteiger charge is -2.10. The Hall–Kier alpha value is -0.920. The van der Waals surface area contributed by atoms with E-state index in [1.165, 1.54) is 12.1 Å². The lowest BCUT2D eigenvalue weighted by atomic mass is 10.2. The van der Waals surface area contributed by atoms with Crippen molar-refractivity contribution in [3.63, 3.8) is 0 Å². The third-order valence-corrected chi connectivity index (χ3v) is 4.41. The molecular weight excluding hydrogens is 320 g/mol. The van der Waals surface area contributed by atoms with Gasteiger partial charge in [-0.1, -0.05) is 29.8 Å². The molecule has 1 rings (SSSR count). The lowest BCUT2D eigenvalue weighted by Crippen LogP contribution is -2.43. The van der Waals surface area contributed by atoms with Gasteiger partial charge in [-0.15, -0.1) is 4.83 Å². The molecule has 0 aromatic heterocycles. The molecule has 0 atom stereocenters. The number of carbonyl (C=O) groups is 1. The van der Waals surface area contributed by atoms with Crippen LogP contribution in [0.15, 0.2) is 27.6 Å². The Morgan fingerprint density at radius 3 is 2.44 bits per heavy atom. The third-order valence-electron chi connectivity index (χ3n) is 2.27. The van der Waals surface area contributed by atoms with E-state index in [9.17, 15) is 13.2 Å². The van der Waals surface area contributed by atoms with Crippen LogP contribution < -0.4 is 10.3 Å². The van der Waals surface area contributed by atoms with Gasteiger partial charge in [-0.05, 0) is 30.7 Å². The van der Waals surface area contributed by atoms with Gasteiger partial charge in [-0.2, -0.15) is 0 Å². The van der Waals surface area contributed by atoms with E-state index in [1.54, 1.807) is 26.8 Å². The summed E-state index contributed by atoms with van der Waals surface area (Å²) in [4.78, 5) is 13.5. The molecule has 0 aliphatic carbocycles. The van der Waals surface area contributed by atoms with E-state index in [4.69, 9.17) is 0 Å². The Kier molecular flexibility index (Phi) is 4.89. The first-order valence-electron chi connectivity index (χ1n) is 5.32. The molecule has 7 heteroatoms. The van der Waals surface area contributed by atoms with Crippen molar-refractivity contribution in [3.05, 3.63) is 28.2 Å². The highest BCUT2D eigenvalue weighted by atomic mass is 79.9. The van der Waals surface area contributed by atoms with E-state index in [2.05, 4.69) is 26.2 Å². The number of amides is 1. The molecule has 0 bridgehead atoms. The summed E-state index contributed by atoms with van der Waals surface area (Å²) in [6, 6.07) is 4.63. The zero-order valence-electron chi connectivity index (χ0n) is 10.3. The summed E-state index contributed by atoms with van der Waals surface area (Å²) in [7, 11) is -3.73. The quantitative estimate of drug-likeness (QED) is 0.823. The number of nitrogens with one attached hydrogen (secondary N) is 2. The summed E-state index contributed by atoms with van der Waals surface area (Å²) < 4.78 is 24.6. The normalized spacial score (nSPS) is 11.6. The van der Waals surface area contributed by atoms with Crippen molar-refractivity contribution in [2.45, 2.75) is 25.7 Å².